The first kappa shape index (κ1) is 17.0. The lowest BCUT2D eigenvalue weighted by molar-refractivity contribution is -0.122. The van der Waals surface area contributed by atoms with Crippen molar-refractivity contribution in [3.05, 3.63) is 47.5 Å². The maximum atomic E-state index is 12.3. The van der Waals surface area contributed by atoms with E-state index < -0.39 is 6.10 Å². The lowest BCUT2D eigenvalue weighted by Crippen LogP contribution is -2.30. The molecule has 2 rings (SSSR count). The molecular weight excluding hydrogens is 318 g/mol. The van der Waals surface area contributed by atoms with Crippen molar-refractivity contribution >= 4 is 23.2 Å². The van der Waals surface area contributed by atoms with Crippen molar-refractivity contribution in [1.82, 2.24) is 0 Å². The van der Waals surface area contributed by atoms with Gasteiger partial charge in [0, 0.05) is 5.02 Å². The molecule has 0 radical (unpaired) electrons. The number of hydrogen-bond donors (Lipinski definition) is 1. The molecule has 5 nitrogen and oxygen atoms in total. The molecule has 0 saturated heterocycles. The largest absolute Gasteiger partial charge is 0.497 e. The van der Waals surface area contributed by atoms with Gasteiger partial charge >= 0.3 is 0 Å². The summed E-state index contributed by atoms with van der Waals surface area (Å²) in [5.74, 6) is 1.52. The maximum Gasteiger partial charge on any atom is 0.265 e. The molecule has 0 bridgehead atoms. The molecule has 1 atom stereocenters. The Morgan fingerprint density at radius 2 is 1.70 bits per heavy atom. The molecule has 23 heavy (non-hydrogen) atoms. The molecule has 2 aromatic rings. The Morgan fingerprint density at radius 3 is 2.30 bits per heavy atom. The highest BCUT2D eigenvalue weighted by Crippen LogP contribution is 2.28. The summed E-state index contributed by atoms with van der Waals surface area (Å²) in [7, 11) is 3.11. The van der Waals surface area contributed by atoms with Gasteiger partial charge in [-0.25, -0.2) is 0 Å². The first-order chi connectivity index (χ1) is 11.0. The number of amides is 1. The van der Waals surface area contributed by atoms with Crippen LogP contribution in [0.1, 0.15) is 6.92 Å². The van der Waals surface area contributed by atoms with E-state index >= 15 is 0 Å². The van der Waals surface area contributed by atoms with Gasteiger partial charge in [-0.15, -0.1) is 0 Å². The molecular formula is C17H18ClNO4. The minimum Gasteiger partial charge on any atom is -0.497 e. The number of hydrogen-bond acceptors (Lipinski definition) is 4. The van der Waals surface area contributed by atoms with Crippen molar-refractivity contribution in [3.8, 4) is 17.2 Å². The quantitative estimate of drug-likeness (QED) is 0.873. The van der Waals surface area contributed by atoms with Gasteiger partial charge in [-0.05, 0) is 49.4 Å². The van der Waals surface area contributed by atoms with Crippen LogP contribution in [0.2, 0.25) is 5.02 Å². The van der Waals surface area contributed by atoms with E-state index in [1.165, 1.54) is 7.11 Å². The molecule has 0 spiro atoms. The van der Waals surface area contributed by atoms with Gasteiger partial charge in [0.15, 0.2) is 6.10 Å². The number of benzene rings is 2. The lowest BCUT2D eigenvalue weighted by atomic mass is 10.2. The van der Waals surface area contributed by atoms with E-state index in [1.54, 1.807) is 56.5 Å². The highest BCUT2D eigenvalue weighted by molar-refractivity contribution is 6.31. The van der Waals surface area contributed by atoms with Crippen LogP contribution in [0.3, 0.4) is 0 Å². The van der Waals surface area contributed by atoms with Crippen LogP contribution in [0.25, 0.3) is 0 Å². The van der Waals surface area contributed by atoms with E-state index in [9.17, 15) is 4.79 Å². The Bertz CT molecular complexity index is 673. The SMILES string of the molecule is COc1ccc(O[C@@H](C)C(=O)Nc2cc(Cl)ccc2OC)cc1. The van der Waals surface area contributed by atoms with Crippen LogP contribution in [-0.2, 0) is 4.79 Å². The van der Waals surface area contributed by atoms with E-state index in [4.69, 9.17) is 25.8 Å². The highest BCUT2D eigenvalue weighted by atomic mass is 35.5. The van der Waals surface area contributed by atoms with Crippen LogP contribution in [0.15, 0.2) is 42.5 Å². The summed E-state index contributed by atoms with van der Waals surface area (Å²) in [6.07, 6.45) is -0.688. The van der Waals surface area contributed by atoms with Crippen LogP contribution in [0, 0.1) is 0 Å². The predicted molar refractivity (Wildman–Crippen MR) is 89.7 cm³/mol. The van der Waals surface area contributed by atoms with Crippen molar-refractivity contribution in [2.45, 2.75) is 13.0 Å². The van der Waals surface area contributed by atoms with E-state index in [1.807, 2.05) is 0 Å². The summed E-state index contributed by atoms with van der Waals surface area (Å²) in [6, 6.07) is 12.0. The van der Waals surface area contributed by atoms with Crippen molar-refractivity contribution < 1.29 is 19.0 Å². The summed E-state index contributed by atoms with van der Waals surface area (Å²) >= 11 is 5.95. The maximum absolute atomic E-state index is 12.3. The van der Waals surface area contributed by atoms with Crippen LogP contribution in [0.5, 0.6) is 17.2 Å². The molecule has 0 aromatic heterocycles. The minimum absolute atomic E-state index is 0.304. The number of carbonyl (C=O) groups excluding carboxylic acids is 1. The Hall–Kier alpha value is -2.40. The number of anilines is 1. The Balaban J connectivity index is 2.03. The second-order valence-electron chi connectivity index (χ2n) is 4.77. The fourth-order valence-corrected chi connectivity index (χ4v) is 2.10. The van der Waals surface area contributed by atoms with E-state index in [2.05, 4.69) is 5.32 Å². The van der Waals surface area contributed by atoms with Crippen molar-refractivity contribution in [2.24, 2.45) is 0 Å². The Labute approximate surface area is 140 Å². The summed E-state index contributed by atoms with van der Waals surface area (Å²) in [5, 5.41) is 3.25. The average Bonchev–Trinajstić information content (AvgIpc) is 2.55. The topological polar surface area (TPSA) is 56.8 Å². The molecule has 1 amide bonds. The predicted octanol–water partition coefficient (Wildman–Crippen LogP) is 3.76. The second kappa shape index (κ2) is 7.74. The van der Waals surface area contributed by atoms with Gasteiger partial charge < -0.3 is 19.5 Å². The van der Waals surface area contributed by atoms with Gasteiger partial charge in [-0.3, -0.25) is 4.79 Å². The number of nitrogens with one attached hydrogen (secondary N) is 1. The zero-order valence-electron chi connectivity index (χ0n) is 13.1. The Kier molecular flexibility index (Phi) is 5.71. The molecule has 0 saturated carbocycles. The third kappa shape index (κ3) is 4.53. The summed E-state index contributed by atoms with van der Waals surface area (Å²) in [5.41, 5.74) is 0.496. The molecule has 0 aliphatic carbocycles. The molecule has 6 heteroatoms. The smallest absolute Gasteiger partial charge is 0.265 e. The van der Waals surface area contributed by atoms with Crippen molar-refractivity contribution in [1.29, 1.82) is 0 Å². The summed E-state index contributed by atoms with van der Waals surface area (Å²) in [6.45, 7) is 1.66. The van der Waals surface area contributed by atoms with Crippen LogP contribution in [0.4, 0.5) is 5.69 Å². The molecule has 0 unspecified atom stereocenters. The van der Waals surface area contributed by atoms with E-state index in [-0.39, 0.29) is 5.91 Å². The Morgan fingerprint density at radius 1 is 1.04 bits per heavy atom. The molecule has 0 heterocycles. The van der Waals surface area contributed by atoms with Gasteiger partial charge in [-0.2, -0.15) is 0 Å². The van der Waals surface area contributed by atoms with Crippen LogP contribution < -0.4 is 19.5 Å². The van der Waals surface area contributed by atoms with E-state index in [0.29, 0.717) is 22.2 Å². The summed E-state index contributed by atoms with van der Waals surface area (Å²) in [4.78, 5) is 12.3. The molecule has 2 aromatic carbocycles. The molecule has 0 fully saturated rings. The number of methoxy groups -OCH3 is 2. The lowest BCUT2D eigenvalue weighted by Gasteiger charge is -2.16. The first-order valence-corrected chi connectivity index (χ1v) is 7.36. The van der Waals surface area contributed by atoms with Gasteiger partial charge in [0.25, 0.3) is 5.91 Å². The summed E-state index contributed by atoms with van der Waals surface area (Å²) < 4.78 is 15.9. The van der Waals surface area contributed by atoms with E-state index in [0.717, 1.165) is 5.75 Å². The normalized spacial score (nSPS) is 11.5. The number of carbonyl (C=O) groups is 1. The van der Waals surface area contributed by atoms with Crippen LogP contribution >= 0.6 is 11.6 Å². The fraction of sp³-hybridized carbons (Fsp3) is 0.235. The van der Waals surface area contributed by atoms with Gasteiger partial charge in [-0.1, -0.05) is 11.6 Å². The third-order valence-electron chi connectivity index (χ3n) is 3.16. The molecule has 122 valence electrons. The molecule has 0 aliphatic heterocycles. The number of ether oxygens (including phenoxy) is 3. The highest BCUT2D eigenvalue weighted by Gasteiger charge is 2.17. The zero-order valence-corrected chi connectivity index (χ0v) is 13.9. The fourth-order valence-electron chi connectivity index (χ4n) is 1.92. The average molecular weight is 336 g/mol. The minimum atomic E-state index is -0.688. The molecule has 0 aliphatic rings. The second-order valence-corrected chi connectivity index (χ2v) is 5.21. The van der Waals surface area contributed by atoms with Crippen molar-refractivity contribution in [2.75, 3.05) is 19.5 Å². The van der Waals surface area contributed by atoms with Crippen molar-refractivity contribution in [3.63, 3.8) is 0 Å². The number of rotatable bonds is 6. The first-order valence-electron chi connectivity index (χ1n) is 6.98. The molecule has 1 N–H and O–H groups in total. The van der Waals surface area contributed by atoms with Gasteiger partial charge in [0.05, 0.1) is 19.9 Å². The van der Waals surface area contributed by atoms with Crippen LogP contribution in [-0.4, -0.2) is 26.2 Å². The third-order valence-corrected chi connectivity index (χ3v) is 3.40. The number of halogens is 1. The zero-order chi connectivity index (χ0) is 16.8. The van der Waals surface area contributed by atoms with Gasteiger partial charge in [0.2, 0.25) is 0 Å². The monoisotopic (exact) mass is 335 g/mol. The van der Waals surface area contributed by atoms with Gasteiger partial charge in [0.1, 0.15) is 17.2 Å². The standard InChI is InChI=1S/C17H18ClNO4/c1-11(23-14-7-5-13(21-2)6-8-14)17(20)19-15-10-12(18)4-9-16(15)22-3/h4-11H,1-3H3,(H,19,20)/t11-/m0/s1.